The number of nitriles is 1. The van der Waals surface area contributed by atoms with Crippen LogP contribution in [0.2, 0.25) is 0 Å². The second kappa shape index (κ2) is 6.57. The van der Waals surface area contributed by atoms with E-state index in [1.807, 2.05) is 30.3 Å². The molecule has 3 heterocycles. The number of Topliss-reactive ketones (excluding diaryl/α,β-unsaturated/α-hetero) is 1. The highest BCUT2D eigenvalue weighted by Gasteiger charge is 2.37. The number of nitrogens with one attached hydrogen (secondary N) is 1. The van der Waals surface area contributed by atoms with E-state index < -0.39 is 11.7 Å². The molecule has 134 valence electrons. The average molecular weight is 360 g/mol. The van der Waals surface area contributed by atoms with E-state index >= 15 is 0 Å². The van der Waals surface area contributed by atoms with Crippen molar-refractivity contribution in [2.75, 3.05) is 13.1 Å². The Bertz CT molecular complexity index is 1090. The topological polar surface area (TPSA) is 99.1 Å². The number of benzene rings is 1. The number of ketones is 1. The number of H-pyrrole nitrogens is 1. The minimum absolute atomic E-state index is 0.246. The molecule has 1 N–H and O–H groups in total. The minimum Gasteiger partial charge on any atom is -0.470 e. The van der Waals surface area contributed by atoms with Crippen molar-refractivity contribution in [3.8, 4) is 11.9 Å². The predicted octanol–water partition coefficient (Wildman–Crippen LogP) is 2.22. The number of hydrogen-bond acceptors (Lipinski definition) is 5. The molecule has 1 amide bonds. The molecule has 0 unspecified atom stereocenters. The number of fused-ring (bicyclic) bond motifs is 1. The Labute approximate surface area is 155 Å². The standard InChI is InChI=1S/C20H16N4O3/c1-12-17(15-6-2-3-7-16(15)23-12)18(25)20(26)24-10-14(11-24)27-19-13(9-21)5-4-8-22-19/h2-8,14,23H,10-11H2,1H3. The molecule has 0 aliphatic carbocycles. The smallest absolute Gasteiger partial charge is 0.295 e. The van der Waals surface area contributed by atoms with Crippen molar-refractivity contribution in [2.24, 2.45) is 0 Å². The highest BCUT2D eigenvalue weighted by Crippen LogP contribution is 2.25. The fourth-order valence-corrected chi connectivity index (χ4v) is 3.23. The van der Waals surface area contributed by atoms with Crippen molar-refractivity contribution in [2.45, 2.75) is 13.0 Å². The van der Waals surface area contributed by atoms with Crippen LogP contribution in [0, 0.1) is 18.3 Å². The minimum atomic E-state index is -0.552. The number of amides is 1. The van der Waals surface area contributed by atoms with Crippen LogP contribution < -0.4 is 4.74 Å². The molecule has 0 spiro atoms. The number of likely N-dealkylation sites (tertiary alicyclic amines) is 1. The zero-order valence-electron chi connectivity index (χ0n) is 14.6. The van der Waals surface area contributed by atoms with Gasteiger partial charge >= 0.3 is 0 Å². The first-order valence-electron chi connectivity index (χ1n) is 8.51. The molecule has 0 radical (unpaired) electrons. The summed E-state index contributed by atoms with van der Waals surface area (Å²) in [5.74, 6) is -0.834. The molecule has 1 aromatic carbocycles. The summed E-state index contributed by atoms with van der Waals surface area (Å²) in [7, 11) is 0. The number of para-hydroxylation sites is 1. The maximum atomic E-state index is 12.7. The molecule has 7 nitrogen and oxygen atoms in total. The Morgan fingerprint density at radius 1 is 1.26 bits per heavy atom. The Kier molecular flexibility index (Phi) is 4.09. The molecule has 1 aliphatic rings. The van der Waals surface area contributed by atoms with Crippen molar-refractivity contribution in [1.29, 1.82) is 5.26 Å². The summed E-state index contributed by atoms with van der Waals surface area (Å²) in [4.78, 5) is 33.9. The maximum absolute atomic E-state index is 12.7. The van der Waals surface area contributed by atoms with Gasteiger partial charge in [0.05, 0.1) is 18.7 Å². The Balaban J connectivity index is 1.45. The molecule has 0 bridgehead atoms. The lowest BCUT2D eigenvalue weighted by Crippen LogP contribution is -2.58. The molecule has 4 rings (SSSR count). The summed E-state index contributed by atoms with van der Waals surface area (Å²) in [6.07, 6.45) is 1.26. The molecular formula is C20H16N4O3. The molecule has 27 heavy (non-hydrogen) atoms. The number of carbonyl (C=O) groups excluding carboxylic acids is 2. The van der Waals surface area contributed by atoms with Crippen LogP contribution in [0.1, 0.15) is 21.6 Å². The second-order valence-electron chi connectivity index (χ2n) is 6.42. The van der Waals surface area contributed by atoms with E-state index in [1.54, 1.807) is 25.3 Å². The number of carbonyl (C=O) groups is 2. The molecule has 3 aromatic rings. The number of aryl methyl sites for hydroxylation is 1. The Morgan fingerprint density at radius 2 is 2.04 bits per heavy atom. The SMILES string of the molecule is Cc1[nH]c2ccccc2c1C(=O)C(=O)N1CC(Oc2ncccc2C#N)C1. The van der Waals surface area contributed by atoms with Crippen LogP contribution >= 0.6 is 0 Å². The van der Waals surface area contributed by atoms with Gasteiger partial charge in [-0.2, -0.15) is 5.26 Å². The highest BCUT2D eigenvalue weighted by molar-refractivity contribution is 6.45. The van der Waals surface area contributed by atoms with E-state index in [1.165, 1.54) is 4.90 Å². The van der Waals surface area contributed by atoms with Gasteiger partial charge in [0, 0.05) is 22.8 Å². The number of aromatic amines is 1. The number of aromatic nitrogens is 2. The van der Waals surface area contributed by atoms with Crippen LogP contribution in [0.5, 0.6) is 5.88 Å². The zero-order chi connectivity index (χ0) is 19.0. The molecular weight excluding hydrogens is 344 g/mol. The molecule has 1 saturated heterocycles. The van der Waals surface area contributed by atoms with Crippen LogP contribution in [0.3, 0.4) is 0 Å². The van der Waals surface area contributed by atoms with E-state index in [-0.39, 0.29) is 25.1 Å². The van der Waals surface area contributed by atoms with Gasteiger partial charge < -0.3 is 14.6 Å². The fourth-order valence-electron chi connectivity index (χ4n) is 3.23. The lowest BCUT2D eigenvalue weighted by Gasteiger charge is -2.38. The van der Waals surface area contributed by atoms with Crippen molar-refractivity contribution in [3.05, 3.63) is 59.4 Å². The first-order valence-corrected chi connectivity index (χ1v) is 8.51. The van der Waals surface area contributed by atoms with Gasteiger partial charge in [-0.3, -0.25) is 9.59 Å². The quantitative estimate of drug-likeness (QED) is 0.568. The van der Waals surface area contributed by atoms with Gasteiger partial charge in [-0.25, -0.2) is 4.98 Å². The van der Waals surface area contributed by atoms with Crippen molar-refractivity contribution < 1.29 is 14.3 Å². The zero-order valence-corrected chi connectivity index (χ0v) is 14.6. The molecule has 2 aromatic heterocycles. The summed E-state index contributed by atoms with van der Waals surface area (Å²) in [5, 5.41) is 9.82. The number of nitrogens with zero attached hydrogens (tertiary/aromatic N) is 3. The van der Waals surface area contributed by atoms with Crippen molar-refractivity contribution >= 4 is 22.6 Å². The first kappa shape index (κ1) is 16.8. The number of pyridine rings is 1. The third-order valence-corrected chi connectivity index (χ3v) is 4.62. The molecule has 0 saturated carbocycles. The van der Waals surface area contributed by atoms with Crippen LogP contribution in [0.4, 0.5) is 0 Å². The monoisotopic (exact) mass is 360 g/mol. The third-order valence-electron chi connectivity index (χ3n) is 4.62. The van der Waals surface area contributed by atoms with Gasteiger partial charge in [-0.1, -0.05) is 18.2 Å². The fraction of sp³-hybridized carbons (Fsp3) is 0.200. The Morgan fingerprint density at radius 3 is 2.81 bits per heavy atom. The van der Waals surface area contributed by atoms with E-state index in [0.29, 0.717) is 16.8 Å². The summed E-state index contributed by atoms with van der Waals surface area (Å²) >= 11 is 0. The van der Waals surface area contributed by atoms with Crippen LogP contribution in [0.25, 0.3) is 10.9 Å². The van der Waals surface area contributed by atoms with E-state index in [0.717, 1.165) is 10.9 Å². The molecule has 0 atom stereocenters. The summed E-state index contributed by atoms with van der Waals surface area (Å²) in [5.41, 5.74) is 2.26. The normalized spacial score (nSPS) is 13.9. The first-order chi connectivity index (χ1) is 13.1. The van der Waals surface area contributed by atoms with Gasteiger partial charge in [0.1, 0.15) is 17.7 Å². The molecule has 7 heteroatoms. The summed E-state index contributed by atoms with van der Waals surface area (Å²) in [6, 6.07) is 12.7. The molecule has 1 fully saturated rings. The van der Waals surface area contributed by atoms with Crippen LogP contribution in [0.15, 0.2) is 42.6 Å². The van der Waals surface area contributed by atoms with Gasteiger partial charge in [0.25, 0.3) is 11.7 Å². The van der Waals surface area contributed by atoms with Gasteiger partial charge in [0.2, 0.25) is 5.88 Å². The van der Waals surface area contributed by atoms with Gasteiger partial charge in [-0.15, -0.1) is 0 Å². The van der Waals surface area contributed by atoms with E-state index in [9.17, 15) is 9.59 Å². The summed E-state index contributed by atoms with van der Waals surface area (Å²) in [6.45, 7) is 2.36. The Hall–Kier alpha value is -3.66. The van der Waals surface area contributed by atoms with Gasteiger partial charge in [0.15, 0.2) is 0 Å². The van der Waals surface area contributed by atoms with Crippen LogP contribution in [-0.4, -0.2) is 45.8 Å². The number of hydrogen-bond donors (Lipinski definition) is 1. The van der Waals surface area contributed by atoms with E-state index in [4.69, 9.17) is 10.00 Å². The average Bonchev–Trinajstić information content (AvgIpc) is 2.99. The van der Waals surface area contributed by atoms with E-state index in [2.05, 4.69) is 9.97 Å². The third kappa shape index (κ3) is 2.91. The van der Waals surface area contributed by atoms with Gasteiger partial charge in [-0.05, 0) is 25.1 Å². The van der Waals surface area contributed by atoms with Crippen LogP contribution in [-0.2, 0) is 4.79 Å². The summed E-state index contributed by atoms with van der Waals surface area (Å²) < 4.78 is 5.67. The maximum Gasteiger partial charge on any atom is 0.295 e. The van der Waals surface area contributed by atoms with Crippen molar-refractivity contribution in [1.82, 2.24) is 14.9 Å². The number of ether oxygens (including phenoxy) is 1. The largest absolute Gasteiger partial charge is 0.470 e. The lowest BCUT2D eigenvalue weighted by atomic mass is 10.0. The highest BCUT2D eigenvalue weighted by atomic mass is 16.5. The number of rotatable bonds is 4. The predicted molar refractivity (Wildman–Crippen MR) is 97.3 cm³/mol. The second-order valence-corrected chi connectivity index (χ2v) is 6.42. The van der Waals surface area contributed by atoms with Crippen molar-refractivity contribution in [3.63, 3.8) is 0 Å². The molecule has 1 aliphatic heterocycles. The lowest BCUT2D eigenvalue weighted by molar-refractivity contribution is -0.135.